The van der Waals surface area contributed by atoms with Gasteiger partial charge in [-0.15, -0.1) is 0 Å². The Kier molecular flexibility index (Phi) is 4.38. The summed E-state index contributed by atoms with van der Waals surface area (Å²) >= 11 is 0. The quantitative estimate of drug-likeness (QED) is 0.833. The molecular formula is C15H23N3O2. The molecule has 0 unspecified atom stereocenters. The SMILES string of the molecule is CCc1cc(N2CCOCC2)cc(N2CCOCC2)n1. The number of ether oxygens (including phenoxy) is 2. The summed E-state index contributed by atoms with van der Waals surface area (Å²) in [5.74, 6) is 1.09. The summed E-state index contributed by atoms with van der Waals surface area (Å²) in [6.07, 6.45) is 0.968. The molecule has 2 fully saturated rings. The highest BCUT2D eigenvalue weighted by Gasteiger charge is 2.17. The van der Waals surface area contributed by atoms with Crippen LogP contribution in [0.3, 0.4) is 0 Å². The minimum absolute atomic E-state index is 0.797. The fourth-order valence-corrected chi connectivity index (χ4v) is 2.70. The highest BCUT2D eigenvalue weighted by molar-refractivity contribution is 5.57. The summed E-state index contributed by atoms with van der Waals surface area (Å²) < 4.78 is 10.9. The Morgan fingerprint density at radius 1 is 0.950 bits per heavy atom. The third-order valence-electron chi connectivity index (χ3n) is 3.92. The topological polar surface area (TPSA) is 37.8 Å². The maximum Gasteiger partial charge on any atom is 0.131 e. The molecule has 3 heterocycles. The fourth-order valence-electron chi connectivity index (χ4n) is 2.70. The van der Waals surface area contributed by atoms with E-state index in [2.05, 4.69) is 28.9 Å². The van der Waals surface area contributed by atoms with Crippen molar-refractivity contribution < 1.29 is 9.47 Å². The van der Waals surface area contributed by atoms with Crippen LogP contribution in [0.4, 0.5) is 11.5 Å². The van der Waals surface area contributed by atoms with Gasteiger partial charge in [0.2, 0.25) is 0 Å². The molecule has 110 valence electrons. The fraction of sp³-hybridized carbons (Fsp3) is 0.667. The van der Waals surface area contributed by atoms with Gasteiger partial charge in [0.15, 0.2) is 0 Å². The molecule has 0 amide bonds. The van der Waals surface area contributed by atoms with Crippen LogP contribution < -0.4 is 9.80 Å². The van der Waals surface area contributed by atoms with Crippen molar-refractivity contribution in [1.82, 2.24) is 4.98 Å². The summed E-state index contributed by atoms with van der Waals surface area (Å²) in [5, 5.41) is 0. The number of aromatic nitrogens is 1. The molecule has 0 N–H and O–H groups in total. The van der Waals surface area contributed by atoms with Crippen molar-refractivity contribution in [2.75, 3.05) is 62.4 Å². The Morgan fingerprint density at radius 3 is 2.15 bits per heavy atom. The summed E-state index contributed by atoms with van der Waals surface area (Å²) in [5.41, 5.74) is 2.44. The van der Waals surface area contributed by atoms with Crippen LogP contribution in [0.15, 0.2) is 12.1 Å². The van der Waals surface area contributed by atoms with E-state index >= 15 is 0 Å². The summed E-state index contributed by atoms with van der Waals surface area (Å²) in [4.78, 5) is 9.51. The second kappa shape index (κ2) is 6.41. The molecule has 0 aromatic carbocycles. The smallest absolute Gasteiger partial charge is 0.131 e. The van der Waals surface area contributed by atoms with E-state index in [0.29, 0.717) is 0 Å². The number of anilines is 2. The zero-order valence-corrected chi connectivity index (χ0v) is 12.2. The van der Waals surface area contributed by atoms with Gasteiger partial charge in [-0.2, -0.15) is 0 Å². The van der Waals surface area contributed by atoms with Crippen molar-refractivity contribution in [3.63, 3.8) is 0 Å². The highest BCUT2D eigenvalue weighted by atomic mass is 16.5. The maximum absolute atomic E-state index is 5.44. The lowest BCUT2D eigenvalue weighted by Crippen LogP contribution is -2.38. The average molecular weight is 277 g/mol. The molecule has 0 atom stereocenters. The van der Waals surface area contributed by atoms with Crippen molar-refractivity contribution in [3.8, 4) is 0 Å². The molecule has 2 aliphatic heterocycles. The van der Waals surface area contributed by atoms with Crippen molar-refractivity contribution in [1.29, 1.82) is 0 Å². The molecule has 1 aromatic rings. The van der Waals surface area contributed by atoms with E-state index < -0.39 is 0 Å². The van der Waals surface area contributed by atoms with Crippen LogP contribution >= 0.6 is 0 Å². The summed E-state index contributed by atoms with van der Waals surface area (Å²) in [6.45, 7) is 9.19. The Balaban J connectivity index is 1.85. The van der Waals surface area contributed by atoms with Crippen molar-refractivity contribution in [2.24, 2.45) is 0 Å². The van der Waals surface area contributed by atoms with E-state index in [4.69, 9.17) is 14.5 Å². The van der Waals surface area contributed by atoms with Gasteiger partial charge >= 0.3 is 0 Å². The Hall–Kier alpha value is -1.33. The number of pyridine rings is 1. The lowest BCUT2D eigenvalue weighted by Gasteiger charge is -2.32. The number of nitrogens with zero attached hydrogens (tertiary/aromatic N) is 3. The first-order valence-electron chi connectivity index (χ1n) is 7.53. The average Bonchev–Trinajstić information content (AvgIpc) is 2.56. The van der Waals surface area contributed by atoms with Crippen molar-refractivity contribution >= 4 is 11.5 Å². The van der Waals surface area contributed by atoms with Crippen molar-refractivity contribution in [2.45, 2.75) is 13.3 Å². The highest BCUT2D eigenvalue weighted by Crippen LogP contribution is 2.24. The van der Waals surface area contributed by atoms with Crippen LogP contribution in [0.1, 0.15) is 12.6 Å². The Bertz CT molecular complexity index is 404. The van der Waals surface area contributed by atoms with Crippen LogP contribution in [0.2, 0.25) is 0 Å². The predicted octanol–water partition coefficient (Wildman–Crippen LogP) is 1.32. The lowest BCUT2D eigenvalue weighted by atomic mass is 10.2. The summed E-state index contributed by atoms with van der Waals surface area (Å²) in [6, 6.07) is 4.44. The molecule has 0 radical (unpaired) electrons. The van der Waals surface area contributed by atoms with Gasteiger partial charge in [0.25, 0.3) is 0 Å². The van der Waals surface area contributed by atoms with E-state index in [-0.39, 0.29) is 0 Å². The first-order chi connectivity index (χ1) is 9.86. The van der Waals surface area contributed by atoms with Crippen LogP contribution in [0.25, 0.3) is 0 Å². The maximum atomic E-state index is 5.44. The molecule has 2 saturated heterocycles. The minimum Gasteiger partial charge on any atom is -0.378 e. The van der Waals surface area contributed by atoms with Gasteiger partial charge in [-0.1, -0.05) is 6.92 Å². The van der Waals surface area contributed by atoms with E-state index in [1.165, 1.54) is 5.69 Å². The summed E-state index contributed by atoms with van der Waals surface area (Å²) in [7, 11) is 0. The number of hydrogen-bond acceptors (Lipinski definition) is 5. The van der Waals surface area contributed by atoms with Gasteiger partial charge in [-0.3, -0.25) is 0 Å². The van der Waals surface area contributed by atoms with E-state index in [1.807, 2.05) is 0 Å². The normalized spacial score (nSPS) is 20.2. The second-order valence-electron chi connectivity index (χ2n) is 5.23. The standard InChI is InChI=1S/C15H23N3O2/c1-2-13-11-14(17-3-7-19-8-4-17)12-15(16-13)18-5-9-20-10-6-18/h11-12H,2-10H2,1H3. The van der Waals surface area contributed by atoms with Gasteiger partial charge < -0.3 is 19.3 Å². The predicted molar refractivity (Wildman–Crippen MR) is 79.7 cm³/mol. The molecule has 2 aliphatic rings. The van der Waals surface area contributed by atoms with Gasteiger partial charge in [-0.25, -0.2) is 4.98 Å². The number of hydrogen-bond donors (Lipinski definition) is 0. The molecule has 3 rings (SSSR count). The van der Waals surface area contributed by atoms with E-state index in [9.17, 15) is 0 Å². The van der Waals surface area contributed by atoms with Gasteiger partial charge in [-0.05, 0) is 12.5 Å². The first-order valence-corrected chi connectivity index (χ1v) is 7.53. The van der Waals surface area contributed by atoms with Crippen LogP contribution in [0, 0.1) is 0 Å². The number of morpholine rings is 2. The molecule has 5 heteroatoms. The number of aryl methyl sites for hydroxylation is 1. The zero-order chi connectivity index (χ0) is 13.8. The van der Waals surface area contributed by atoms with Crippen LogP contribution in [-0.2, 0) is 15.9 Å². The Morgan fingerprint density at radius 2 is 1.55 bits per heavy atom. The minimum atomic E-state index is 0.797. The molecule has 1 aromatic heterocycles. The molecule has 20 heavy (non-hydrogen) atoms. The monoisotopic (exact) mass is 277 g/mol. The van der Waals surface area contributed by atoms with Crippen LogP contribution in [-0.4, -0.2) is 57.6 Å². The molecule has 0 bridgehead atoms. The van der Waals surface area contributed by atoms with Gasteiger partial charge in [0.05, 0.1) is 26.4 Å². The third kappa shape index (κ3) is 3.04. The molecular weight excluding hydrogens is 254 g/mol. The van der Waals surface area contributed by atoms with Crippen LogP contribution in [0.5, 0.6) is 0 Å². The number of rotatable bonds is 3. The first kappa shape index (κ1) is 13.6. The largest absolute Gasteiger partial charge is 0.378 e. The molecule has 5 nitrogen and oxygen atoms in total. The van der Waals surface area contributed by atoms with E-state index in [1.54, 1.807) is 0 Å². The van der Waals surface area contributed by atoms with Gasteiger partial charge in [0, 0.05) is 43.6 Å². The molecule has 0 aliphatic carbocycles. The second-order valence-corrected chi connectivity index (χ2v) is 5.23. The van der Waals surface area contributed by atoms with E-state index in [0.717, 1.165) is 70.5 Å². The molecule has 0 spiro atoms. The zero-order valence-electron chi connectivity index (χ0n) is 12.2. The Labute approximate surface area is 120 Å². The van der Waals surface area contributed by atoms with Gasteiger partial charge in [0.1, 0.15) is 5.82 Å². The van der Waals surface area contributed by atoms with Crippen molar-refractivity contribution in [3.05, 3.63) is 17.8 Å². The molecule has 0 saturated carbocycles. The third-order valence-corrected chi connectivity index (χ3v) is 3.92. The lowest BCUT2D eigenvalue weighted by molar-refractivity contribution is 0.122.